The van der Waals surface area contributed by atoms with Gasteiger partial charge in [-0.25, -0.2) is 9.59 Å². The second-order valence-corrected chi connectivity index (χ2v) is 9.19. The molecule has 0 aliphatic carbocycles. The van der Waals surface area contributed by atoms with Gasteiger partial charge in [0.15, 0.2) is 0 Å². The number of carbonyl (C=O) groups excluding carboxylic acids is 2. The van der Waals surface area contributed by atoms with Gasteiger partial charge in [-0.3, -0.25) is 0 Å². The van der Waals surface area contributed by atoms with Crippen LogP contribution in [-0.2, 0) is 4.74 Å². The summed E-state index contributed by atoms with van der Waals surface area (Å²) in [5.74, 6) is -0.473. The normalized spacial score (nSPS) is 10.8. The maximum Gasteiger partial charge on any atom is 0.343 e. The first-order valence-electron chi connectivity index (χ1n) is 13.4. The quantitative estimate of drug-likeness (QED) is 0.131. The number of carbonyl (C=O) groups is 2. The minimum atomic E-state index is -0.530. The highest BCUT2D eigenvalue weighted by atomic mass is 16.5. The summed E-state index contributed by atoms with van der Waals surface area (Å²) in [6.07, 6.45) is 18.1. The largest absolute Gasteiger partial charge is 0.508 e. The summed E-state index contributed by atoms with van der Waals surface area (Å²) in [6, 6.07) is 12.1. The molecule has 0 aliphatic rings. The lowest BCUT2D eigenvalue weighted by Crippen LogP contribution is -2.09. The highest BCUT2D eigenvalue weighted by Gasteiger charge is 2.11. The summed E-state index contributed by atoms with van der Waals surface area (Å²) in [7, 11) is 0. The second kappa shape index (κ2) is 17.6. The van der Waals surface area contributed by atoms with E-state index in [1.165, 1.54) is 101 Å². The zero-order chi connectivity index (χ0) is 25.1. The van der Waals surface area contributed by atoms with Crippen molar-refractivity contribution >= 4 is 11.9 Å². The van der Waals surface area contributed by atoms with Crippen LogP contribution in [0.4, 0.5) is 0 Å². The standard InChI is InChI=1S/C30H42O5/c1-2-3-4-5-6-7-8-9-10-11-12-13-14-15-24-34-29(32)25-18-22-28(23-19-25)35-30(33)26-16-20-27(31)21-17-26/h16-23,31H,2-15,24H2,1H3. The fourth-order valence-electron chi connectivity index (χ4n) is 3.97. The van der Waals surface area contributed by atoms with Gasteiger partial charge in [-0.15, -0.1) is 0 Å². The molecule has 0 amide bonds. The fraction of sp³-hybridized carbons (Fsp3) is 0.533. The second-order valence-electron chi connectivity index (χ2n) is 9.19. The summed E-state index contributed by atoms with van der Waals surface area (Å²) >= 11 is 0. The van der Waals surface area contributed by atoms with Crippen molar-refractivity contribution in [3.63, 3.8) is 0 Å². The van der Waals surface area contributed by atoms with E-state index in [9.17, 15) is 14.7 Å². The van der Waals surface area contributed by atoms with E-state index in [1.807, 2.05) is 0 Å². The number of phenols is 1. The van der Waals surface area contributed by atoms with Crippen LogP contribution < -0.4 is 4.74 Å². The molecule has 0 aliphatic heterocycles. The molecule has 5 heteroatoms. The number of phenolic OH excluding ortho intramolecular Hbond substituents is 1. The van der Waals surface area contributed by atoms with Gasteiger partial charge in [0.1, 0.15) is 11.5 Å². The van der Waals surface area contributed by atoms with Crippen LogP contribution >= 0.6 is 0 Å². The molecule has 1 N–H and O–H groups in total. The predicted molar refractivity (Wildman–Crippen MR) is 140 cm³/mol. The number of rotatable bonds is 18. The van der Waals surface area contributed by atoms with E-state index in [2.05, 4.69) is 6.92 Å². The van der Waals surface area contributed by atoms with E-state index in [0.29, 0.717) is 23.5 Å². The van der Waals surface area contributed by atoms with E-state index in [1.54, 1.807) is 24.3 Å². The lowest BCUT2D eigenvalue weighted by molar-refractivity contribution is 0.0497. The molecule has 2 rings (SSSR count). The maximum absolute atomic E-state index is 12.2. The minimum absolute atomic E-state index is 0.0819. The van der Waals surface area contributed by atoms with Crippen molar-refractivity contribution in [2.24, 2.45) is 0 Å². The Morgan fingerprint density at radius 1 is 0.600 bits per heavy atom. The third-order valence-corrected chi connectivity index (χ3v) is 6.13. The van der Waals surface area contributed by atoms with E-state index < -0.39 is 5.97 Å². The summed E-state index contributed by atoms with van der Waals surface area (Å²) in [5.41, 5.74) is 0.763. The van der Waals surface area contributed by atoms with Gasteiger partial charge >= 0.3 is 11.9 Å². The fourth-order valence-corrected chi connectivity index (χ4v) is 3.97. The average Bonchev–Trinajstić information content (AvgIpc) is 2.87. The molecule has 2 aromatic carbocycles. The number of benzene rings is 2. The Morgan fingerprint density at radius 3 is 1.54 bits per heavy atom. The number of aromatic hydroxyl groups is 1. The van der Waals surface area contributed by atoms with Crippen LogP contribution in [0.15, 0.2) is 48.5 Å². The van der Waals surface area contributed by atoms with Crippen molar-refractivity contribution in [2.45, 2.75) is 96.8 Å². The van der Waals surface area contributed by atoms with Gasteiger partial charge in [0.25, 0.3) is 0 Å². The number of unbranched alkanes of at least 4 members (excludes halogenated alkanes) is 13. The summed E-state index contributed by atoms with van der Waals surface area (Å²) in [4.78, 5) is 24.3. The maximum atomic E-state index is 12.2. The van der Waals surface area contributed by atoms with E-state index in [4.69, 9.17) is 9.47 Å². The number of ether oxygens (including phenoxy) is 2. The molecule has 0 heterocycles. The zero-order valence-electron chi connectivity index (χ0n) is 21.3. The average molecular weight is 483 g/mol. The molecular weight excluding hydrogens is 440 g/mol. The van der Waals surface area contributed by atoms with Crippen LogP contribution in [-0.4, -0.2) is 23.7 Å². The number of esters is 2. The Labute approximate surface area is 210 Å². The SMILES string of the molecule is CCCCCCCCCCCCCCCCOC(=O)c1ccc(OC(=O)c2ccc(O)cc2)cc1. The van der Waals surface area contributed by atoms with Crippen LogP contribution in [0.25, 0.3) is 0 Å². The molecule has 192 valence electrons. The van der Waals surface area contributed by atoms with Crippen molar-refractivity contribution < 1.29 is 24.2 Å². The molecule has 0 spiro atoms. The molecule has 0 unspecified atom stereocenters. The van der Waals surface area contributed by atoms with Gasteiger partial charge in [0, 0.05) is 0 Å². The van der Waals surface area contributed by atoms with Crippen molar-refractivity contribution in [3.05, 3.63) is 59.7 Å². The van der Waals surface area contributed by atoms with Crippen LogP contribution in [0.5, 0.6) is 11.5 Å². The molecule has 2 aromatic rings. The molecule has 0 aromatic heterocycles. The Kier molecular flexibility index (Phi) is 14.3. The number of hydrogen-bond donors (Lipinski definition) is 1. The van der Waals surface area contributed by atoms with E-state index >= 15 is 0 Å². The molecule has 0 atom stereocenters. The van der Waals surface area contributed by atoms with Crippen molar-refractivity contribution in [3.8, 4) is 11.5 Å². The summed E-state index contributed by atoms with van der Waals surface area (Å²) in [6.45, 7) is 2.69. The first-order chi connectivity index (χ1) is 17.1. The van der Waals surface area contributed by atoms with Crippen molar-refractivity contribution in [2.75, 3.05) is 6.61 Å². The number of hydrogen-bond acceptors (Lipinski definition) is 5. The van der Waals surface area contributed by atoms with Crippen molar-refractivity contribution in [1.82, 2.24) is 0 Å². The Hall–Kier alpha value is -2.82. The zero-order valence-corrected chi connectivity index (χ0v) is 21.3. The highest BCUT2D eigenvalue weighted by molar-refractivity contribution is 5.92. The topological polar surface area (TPSA) is 72.8 Å². The molecule has 5 nitrogen and oxygen atoms in total. The monoisotopic (exact) mass is 482 g/mol. The van der Waals surface area contributed by atoms with Gasteiger partial charge in [-0.1, -0.05) is 90.4 Å². The third-order valence-electron chi connectivity index (χ3n) is 6.13. The molecular formula is C30H42O5. The summed E-state index contributed by atoms with van der Waals surface area (Å²) in [5, 5.41) is 9.30. The lowest BCUT2D eigenvalue weighted by Gasteiger charge is -2.07. The Balaban J connectivity index is 1.48. The molecule has 0 saturated carbocycles. The highest BCUT2D eigenvalue weighted by Crippen LogP contribution is 2.17. The van der Waals surface area contributed by atoms with Gasteiger partial charge in [-0.2, -0.15) is 0 Å². The van der Waals surface area contributed by atoms with Crippen LogP contribution in [0.2, 0.25) is 0 Å². The van der Waals surface area contributed by atoms with Gasteiger partial charge in [0.2, 0.25) is 0 Å². The van der Waals surface area contributed by atoms with Gasteiger partial charge in [-0.05, 0) is 55.0 Å². The smallest absolute Gasteiger partial charge is 0.343 e. The molecule has 0 radical (unpaired) electrons. The predicted octanol–water partition coefficient (Wildman–Crippen LogP) is 8.25. The van der Waals surface area contributed by atoms with Crippen LogP contribution in [0.1, 0.15) is 118 Å². The van der Waals surface area contributed by atoms with E-state index in [-0.39, 0.29) is 11.7 Å². The van der Waals surface area contributed by atoms with Crippen LogP contribution in [0, 0.1) is 0 Å². The van der Waals surface area contributed by atoms with Crippen molar-refractivity contribution in [1.29, 1.82) is 0 Å². The Bertz CT molecular complexity index is 842. The Morgan fingerprint density at radius 2 is 1.03 bits per heavy atom. The summed E-state index contributed by atoms with van der Waals surface area (Å²) < 4.78 is 10.7. The molecule has 0 saturated heterocycles. The van der Waals surface area contributed by atoms with Gasteiger partial charge in [0.05, 0.1) is 17.7 Å². The van der Waals surface area contributed by atoms with Gasteiger partial charge < -0.3 is 14.6 Å². The molecule has 0 bridgehead atoms. The first kappa shape index (κ1) is 28.4. The first-order valence-corrected chi connectivity index (χ1v) is 13.4. The molecule has 35 heavy (non-hydrogen) atoms. The lowest BCUT2D eigenvalue weighted by atomic mass is 10.0. The minimum Gasteiger partial charge on any atom is -0.508 e. The molecule has 0 fully saturated rings. The van der Waals surface area contributed by atoms with E-state index in [0.717, 1.165) is 12.8 Å². The third kappa shape index (κ3) is 12.4. The van der Waals surface area contributed by atoms with Crippen LogP contribution in [0.3, 0.4) is 0 Å².